The van der Waals surface area contributed by atoms with Crippen LogP contribution in [0.1, 0.15) is 24.9 Å². The van der Waals surface area contributed by atoms with Gasteiger partial charge in [0, 0.05) is 30.6 Å². The standard InChI is InChI=1S/C10H19N3O2S/c1-9(11-2)10-7-12-13(8-10)5-4-6-16(3,14)15/h7-9,11H,4-6H2,1-3H3. The average molecular weight is 245 g/mol. The van der Waals surface area contributed by atoms with Gasteiger partial charge in [0.25, 0.3) is 0 Å². The van der Waals surface area contributed by atoms with Crippen molar-refractivity contribution in [2.45, 2.75) is 25.9 Å². The molecule has 0 saturated heterocycles. The highest BCUT2D eigenvalue weighted by atomic mass is 32.2. The lowest BCUT2D eigenvalue weighted by molar-refractivity contribution is 0.575. The van der Waals surface area contributed by atoms with Crippen LogP contribution in [-0.2, 0) is 16.4 Å². The minimum atomic E-state index is -2.86. The summed E-state index contributed by atoms with van der Waals surface area (Å²) < 4.78 is 23.7. The molecule has 0 bridgehead atoms. The molecule has 0 spiro atoms. The van der Waals surface area contributed by atoms with Gasteiger partial charge in [0.15, 0.2) is 0 Å². The van der Waals surface area contributed by atoms with E-state index >= 15 is 0 Å². The lowest BCUT2D eigenvalue weighted by Crippen LogP contribution is -2.11. The van der Waals surface area contributed by atoms with Gasteiger partial charge in [0.1, 0.15) is 9.84 Å². The Balaban J connectivity index is 2.47. The number of aromatic nitrogens is 2. The van der Waals surface area contributed by atoms with Crippen molar-refractivity contribution in [1.29, 1.82) is 0 Å². The first-order valence-electron chi connectivity index (χ1n) is 5.29. The molecule has 5 nitrogen and oxygen atoms in total. The van der Waals surface area contributed by atoms with Crippen LogP contribution in [-0.4, -0.2) is 37.3 Å². The summed E-state index contributed by atoms with van der Waals surface area (Å²) in [5.41, 5.74) is 1.11. The van der Waals surface area contributed by atoms with E-state index in [9.17, 15) is 8.42 Å². The van der Waals surface area contributed by atoms with Gasteiger partial charge in [-0.05, 0) is 20.4 Å². The molecule has 1 rings (SSSR count). The molecule has 1 aromatic heterocycles. The zero-order chi connectivity index (χ0) is 12.2. The summed E-state index contributed by atoms with van der Waals surface area (Å²) in [5, 5.41) is 7.31. The van der Waals surface area contributed by atoms with Crippen LogP contribution in [0.25, 0.3) is 0 Å². The third-order valence-electron chi connectivity index (χ3n) is 2.49. The van der Waals surface area contributed by atoms with Crippen molar-refractivity contribution in [3.05, 3.63) is 18.0 Å². The van der Waals surface area contributed by atoms with Gasteiger partial charge in [-0.3, -0.25) is 4.68 Å². The molecule has 1 atom stereocenters. The molecule has 0 aromatic carbocycles. The van der Waals surface area contributed by atoms with Crippen LogP contribution >= 0.6 is 0 Å². The van der Waals surface area contributed by atoms with Crippen molar-refractivity contribution < 1.29 is 8.42 Å². The van der Waals surface area contributed by atoms with E-state index in [1.54, 1.807) is 4.68 Å². The zero-order valence-corrected chi connectivity index (χ0v) is 10.8. The largest absolute Gasteiger partial charge is 0.313 e. The Hall–Kier alpha value is -0.880. The Morgan fingerprint density at radius 3 is 2.81 bits per heavy atom. The second-order valence-corrected chi connectivity index (χ2v) is 6.29. The van der Waals surface area contributed by atoms with E-state index < -0.39 is 9.84 Å². The van der Waals surface area contributed by atoms with E-state index in [-0.39, 0.29) is 11.8 Å². The number of aryl methyl sites for hydroxylation is 1. The van der Waals surface area contributed by atoms with Crippen molar-refractivity contribution in [1.82, 2.24) is 15.1 Å². The van der Waals surface area contributed by atoms with Gasteiger partial charge >= 0.3 is 0 Å². The molecule has 0 radical (unpaired) electrons. The number of nitrogens with zero attached hydrogens (tertiary/aromatic N) is 2. The molecular formula is C10H19N3O2S. The van der Waals surface area contributed by atoms with E-state index in [0.717, 1.165) is 5.56 Å². The summed E-state index contributed by atoms with van der Waals surface area (Å²) in [5.74, 6) is 0.212. The highest BCUT2D eigenvalue weighted by Gasteiger charge is 2.06. The molecular weight excluding hydrogens is 226 g/mol. The van der Waals surface area contributed by atoms with Crippen LogP contribution in [0.2, 0.25) is 0 Å². The van der Waals surface area contributed by atoms with Crippen LogP contribution in [0.4, 0.5) is 0 Å². The number of nitrogens with one attached hydrogen (secondary N) is 1. The zero-order valence-electron chi connectivity index (χ0n) is 9.97. The van der Waals surface area contributed by atoms with E-state index in [1.165, 1.54) is 6.26 Å². The number of sulfone groups is 1. The maximum Gasteiger partial charge on any atom is 0.147 e. The molecule has 0 aliphatic rings. The minimum Gasteiger partial charge on any atom is -0.313 e. The third kappa shape index (κ3) is 4.32. The number of hydrogen-bond donors (Lipinski definition) is 1. The summed E-state index contributed by atoms with van der Waals surface area (Å²) in [6, 6.07) is 0.267. The normalized spacial score (nSPS) is 13.9. The molecule has 0 saturated carbocycles. The molecule has 16 heavy (non-hydrogen) atoms. The van der Waals surface area contributed by atoms with Gasteiger partial charge in [0.05, 0.1) is 11.9 Å². The van der Waals surface area contributed by atoms with Crippen LogP contribution in [0.15, 0.2) is 12.4 Å². The van der Waals surface area contributed by atoms with Gasteiger partial charge in [-0.2, -0.15) is 5.10 Å². The predicted octanol–water partition coefficient (Wildman–Crippen LogP) is 0.598. The van der Waals surface area contributed by atoms with Gasteiger partial charge < -0.3 is 5.32 Å². The summed E-state index contributed by atoms with van der Waals surface area (Å²) >= 11 is 0. The topological polar surface area (TPSA) is 64.0 Å². The molecule has 1 N–H and O–H groups in total. The lowest BCUT2D eigenvalue weighted by atomic mass is 10.2. The van der Waals surface area contributed by atoms with Crippen molar-refractivity contribution >= 4 is 9.84 Å². The van der Waals surface area contributed by atoms with Crippen LogP contribution in [0.3, 0.4) is 0 Å². The molecule has 0 fully saturated rings. The molecule has 6 heteroatoms. The smallest absolute Gasteiger partial charge is 0.147 e. The second kappa shape index (κ2) is 5.45. The van der Waals surface area contributed by atoms with Crippen LogP contribution in [0, 0.1) is 0 Å². The van der Waals surface area contributed by atoms with Crippen LogP contribution < -0.4 is 5.32 Å². The molecule has 0 aliphatic carbocycles. The first-order valence-corrected chi connectivity index (χ1v) is 7.36. The average Bonchev–Trinajstić information content (AvgIpc) is 2.63. The summed E-state index contributed by atoms with van der Waals surface area (Å²) in [7, 11) is -0.967. The summed E-state index contributed by atoms with van der Waals surface area (Å²) in [4.78, 5) is 0. The highest BCUT2D eigenvalue weighted by Crippen LogP contribution is 2.09. The van der Waals surface area contributed by atoms with E-state index in [0.29, 0.717) is 13.0 Å². The molecule has 1 heterocycles. The number of hydrogen-bond acceptors (Lipinski definition) is 4. The Bertz CT molecular complexity index is 425. The molecule has 92 valence electrons. The monoisotopic (exact) mass is 245 g/mol. The van der Waals surface area contributed by atoms with Gasteiger partial charge in [-0.15, -0.1) is 0 Å². The Morgan fingerprint density at radius 1 is 1.56 bits per heavy atom. The Labute approximate surface area is 96.8 Å². The molecule has 1 unspecified atom stereocenters. The van der Waals surface area contributed by atoms with E-state index in [2.05, 4.69) is 17.3 Å². The first-order chi connectivity index (χ1) is 7.42. The maximum atomic E-state index is 10.9. The predicted molar refractivity (Wildman–Crippen MR) is 64.0 cm³/mol. The van der Waals surface area contributed by atoms with Crippen molar-refractivity contribution in [3.8, 4) is 0 Å². The highest BCUT2D eigenvalue weighted by molar-refractivity contribution is 7.90. The fourth-order valence-electron chi connectivity index (χ4n) is 1.38. The van der Waals surface area contributed by atoms with Crippen LogP contribution in [0.5, 0.6) is 0 Å². The second-order valence-electron chi connectivity index (χ2n) is 4.03. The van der Waals surface area contributed by atoms with Crippen molar-refractivity contribution in [2.75, 3.05) is 19.1 Å². The van der Waals surface area contributed by atoms with E-state index in [1.807, 2.05) is 19.4 Å². The van der Waals surface area contributed by atoms with Gasteiger partial charge in [-0.1, -0.05) is 0 Å². The van der Waals surface area contributed by atoms with Crippen molar-refractivity contribution in [2.24, 2.45) is 0 Å². The SMILES string of the molecule is CNC(C)c1cnn(CCCS(C)(=O)=O)c1. The van der Waals surface area contributed by atoms with E-state index in [4.69, 9.17) is 0 Å². The summed E-state index contributed by atoms with van der Waals surface area (Å²) in [6.45, 7) is 2.70. The van der Waals surface area contributed by atoms with Gasteiger partial charge in [0.2, 0.25) is 0 Å². The number of rotatable bonds is 6. The molecule has 0 amide bonds. The Morgan fingerprint density at radius 2 is 2.25 bits per heavy atom. The fourth-order valence-corrected chi connectivity index (χ4v) is 2.03. The fraction of sp³-hybridized carbons (Fsp3) is 0.700. The first kappa shape index (κ1) is 13.2. The Kier molecular flexibility index (Phi) is 4.49. The molecule has 0 aliphatic heterocycles. The van der Waals surface area contributed by atoms with Crippen molar-refractivity contribution in [3.63, 3.8) is 0 Å². The maximum absolute atomic E-state index is 10.9. The lowest BCUT2D eigenvalue weighted by Gasteiger charge is -2.05. The quantitative estimate of drug-likeness (QED) is 0.797. The summed E-state index contributed by atoms with van der Waals surface area (Å²) in [6.07, 6.45) is 5.61. The third-order valence-corrected chi connectivity index (χ3v) is 3.52. The van der Waals surface area contributed by atoms with Gasteiger partial charge in [-0.25, -0.2) is 8.42 Å². The molecule has 1 aromatic rings. The minimum absolute atomic E-state index is 0.212.